The molecule has 4 rings (SSSR count). The van der Waals surface area contributed by atoms with E-state index in [1.165, 1.54) is 12.1 Å². The molecule has 0 unspecified atom stereocenters. The van der Waals surface area contributed by atoms with Crippen molar-refractivity contribution >= 4 is 10.0 Å². The summed E-state index contributed by atoms with van der Waals surface area (Å²) in [5.41, 5.74) is 0.143. The maximum atomic E-state index is 13.0. The molecule has 6 nitrogen and oxygen atoms in total. The third-order valence-corrected chi connectivity index (χ3v) is 5.57. The fraction of sp³-hybridized carbons (Fsp3) is 0.467. The van der Waals surface area contributed by atoms with Crippen LogP contribution in [0.25, 0.3) is 0 Å². The molecule has 1 heterocycles. The van der Waals surface area contributed by atoms with Gasteiger partial charge in [-0.05, 0) is 43.4 Å². The number of hydrogen-bond donors (Lipinski definition) is 1. The van der Waals surface area contributed by atoms with Gasteiger partial charge in [-0.2, -0.15) is 4.98 Å². The molecule has 2 aliphatic rings. The van der Waals surface area contributed by atoms with Gasteiger partial charge in [0.15, 0.2) is 5.82 Å². The zero-order chi connectivity index (χ0) is 16.1. The fourth-order valence-electron chi connectivity index (χ4n) is 2.67. The van der Waals surface area contributed by atoms with Gasteiger partial charge in [-0.1, -0.05) is 17.3 Å². The average molecular weight is 337 g/mol. The average Bonchev–Trinajstić information content (AvgIpc) is 3.41. The van der Waals surface area contributed by atoms with Crippen molar-refractivity contribution < 1.29 is 17.3 Å². The van der Waals surface area contributed by atoms with Gasteiger partial charge in [-0.3, -0.25) is 0 Å². The Bertz CT molecular complexity index is 824. The molecule has 0 radical (unpaired) electrons. The zero-order valence-electron chi connectivity index (χ0n) is 12.3. The molecule has 1 aromatic heterocycles. The molecule has 0 amide bonds. The van der Waals surface area contributed by atoms with Gasteiger partial charge in [0.05, 0.1) is 5.54 Å². The lowest BCUT2D eigenvalue weighted by atomic mass is 10.1. The molecule has 23 heavy (non-hydrogen) atoms. The summed E-state index contributed by atoms with van der Waals surface area (Å²) in [5, 5.41) is 3.74. The Labute approximate surface area is 133 Å². The van der Waals surface area contributed by atoms with Crippen LogP contribution in [0, 0.1) is 5.82 Å². The van der Waals surface area contributed by atoms with Crippen LogP contribution in [0.5, 0.6) is 0 Å². The number of aromatic nitrogens is 2. The predicted octanol–water partition coefficient (Wildman–Crippen LogP) is 2.19. The number of halogens is 1. The first-order chi connectivity index (χ1) is 11.0. The van der Waals surface area contributed by atoms with E-state index < -0.39 is 15.6 Å². The summed E-state index contributed by atoms with van der Waals surface area (Å²) in [5.74, 6) is 0.337. The third-order valence-electron chi connectivity index (χ3n) is 4.23. The van der Waals surface area contributed by atoms with Gasteiger partial charge in [-0.25, -0.2) is 17.5 Å². The van der Waals surface area contributed by atoms with Crippen molar-refractivity contribution in [2.75, 3.05) is 0 Å². The molecule has 2 aromatic rings. The molecular weight excluding hydrogens is 321 g/mol. The van der Waals surface area contributed by atoms with Crippen LogP contribution in [0.1, 0.15) is 48.9 Å². The second-order valence-electron chi connectivity index (χ2n) is 6.27. The molecule has 1 N–H and O–H groups in total. The summed E-state index contributed by atoms with van der Waals surface area (Å²) >= 11 is 0. The number of hydrogen-bond acceptors (Lipinski definition) is 5. The second-order valence-corrected chi connectivity index (χ2v) is 8.00. The zero-order valence-corrected chi connectivity index (χ0v) is 13.1. The van der Waals surface area contributed by atoms with Crippen LogP contribution in [-0.2, 0) is 21.3 Å². The minimum absolute atomic E-state index is 0.175. The van der Waals surface area contributed by atoms with Crippen molar-refractivity contribution in [2.24, 2.45) is 0 Å². The van der Waals surface area contributed by atoms with Crippen molar-refractivity contribution in [2.45, 2.75) is 42.9 Å². The van der Waals surface area contributed by atoms with E-state index in [4.69, 9.17) is 4.52 Å². The standard InChI is InChI=1S/C15H16FN3O3S/c16-12-5-3-11(4-6-12)15(7-8-15)19-23(20,21)9-13-17-14(22-18-13)10-1-2-10/h3-6,10,19H,1-2,7-9H2. The van der Waals surface area contributed by atoms with Crippen molar-refractivity contribution in [1.29, 1.82) is 0 Å². The van der Waals surface area contributed by atoms with Gasteiger partial charge in [-0.15, -0.1) is 0 Å². The maximum absolute atomic E-state index is 13.0. The van der Waals surface area contributed by atoms with Crippen LogP contribution in [0.3, 0.4) is 0 Å². The predicted molar refractivity (Wildman–Crippen MR) is 79.3 cm³/mol. The molecule has 0 aliphatic heterocycles. The van der Waals surface area contributed by atoms with Gasteiger partial charge < -0.3 is 4.52 Å². The number of sulfonamides is 1. The Balaban J connectivity index is 1.49. The molecule has 0 saturated heterocycles. The van der Waals surface area contributed by atoms with Crippen LogP contribution in [0.2, 0.25) is 0 Å². The van der Waals surface area contributed by atoms with Crippen molar-refractivity contribution in [3.05, 3.63) is 47.4 Å². The highest BCUT2D eigenvalue weighted by atomic mass is 32.2. The lowest BCUT2D eigenvalue weighted by molar-refractivity contribution is 0.375. The highest BCUT2D eigenvalue weighted by molar-refractivity contribution is 7.88. The second kappa shape index (κ2) is 5.10. The van der Waals surface area contributed by atoms with Gasteiger partial charge >= 0.3 is 0 Å². The fourth-order valence-corrected chi connectivity index (χ4v) is 4.12. The summed E-state index contributed by atoms with van der Waals surface area (Å²) in [7, 11) is -3.61. The highest BCUT2D eigenvalue weighted by Crippen LogP contribution is 2.46. The Kier molecular flexibility index (Phi) is 3.28. The first-order valence-electron chi connectivity index (χ1n) is 7.56. The van der Waals surface area contributed by atoms with E-state index in [0.29, 0.717) is 24.7 Å². The molecule has 0 bridgehead atoms. The molecule has 122 valence electrons. The van der Waals surface area contributed by atoms with Crippen molar-refractivity contribution in [3.8, 4) is 0 Å². The summed E-state index contributed by atoms with van der Waals surface area (Å²) in [6.45, 7) is 0. The van der Waals surface area contributed by atoms with Gasteiger partial charge in [0, 0.05) is 5.92 Å². The van der Waals surface area contributed by atoms with E-state index >= 15 is 0 Å². The number of rotatable bonds is 6. The van der Waals surface area contributed by atoms with Crippen LogP contribution in [0.15, 0.2) is 28.8 Å². The Hall–Kier alpha value is -1.80. The van der Waals surface area contributed by atoms with Crippen molar-refractivity contribution in [1.82, 2.24) is 14.9 Å². The van der Waals surface area contributed by atoms with Gasteiger partial charge in [0.1, 0.15) is 11.6 Å². The van der Waals surface area contributed by atoms with Crippen LogP contribution < -0.4 is 4.72 Å². The first kappa shape index (κ1) is 14.8. The molecular formula is C15H16FN3O3S. The quantitative estimate of drug-likeness (QED) is 0.873. The van der Waals surface area contributed by atoms with E-state index in [9.17, 15) is 12.8 Å². The van der Waals surface area contributed by atoms with Gasteiger partial charge in [0.25, 0.3) is 0 Å². The molecule has 1 aromatic carbocycles. The van der Waals surface area contributed by atoms with E-state index in [-0.39, 0.29) is 17.4 Å². The topological polar surface area (TPSA) is 85.1 Å². The third kappa shape index (κ3) is 3.13. The van der Waals surface area contributed by atoms with Crippen LogP contribution >= 0.6 is 0 Å². The lowest BCUT2D eigenvalue weighted by Gasteiger charge is -2.17. The molecule has 0 atom stereocenters. The van der Waals surface area contributed by atoms with Gasteiger partial charge in [0.2, 0.25) is 15.9 Å². The summed E-state index contributed by atoms with van der Waals surface area (Å²) < 4.78 is 45.6. The van der Waals surface area contributed by atoms with E-state index in [0.717, 1.165) is 18.4 Å². The molecule has 2 fully saturated rings. The molecule has 2 saturated carbocycles. The van der Waals surface area contributed by atoms with Crippen LogP contribution in [0.4, 0.5) is 4.39 Å². The van der Waals surface area contributed by atoms with E-state index in [1.807, 2.05) is 0 Å². The minimum Gasteiger partial charge on any atom is -0.339 e. The monoisotopic (exact) mass is 337 g/mol. The summed E-state index contributed by atoms with van der Waals surface area (Å²) in [6, 6.07) is 5.91. The summed E-state index contributed by atoms with van der Waals surface area (Å²) in [4.78, 5) is 4.15. The minimum atomic E-state index is -3.61. The van der Waals surface area contributed by atoms with E-state index in [2.05, 4.69) is 14.9 Å². The smallest absolute Gasteiger partial charge is 0.229 e. The number of nitrogens with one attached hydrogen (secondary N) is 1. The number of nitrogens with zero attached hydrogens (tertiary/aromatic N) is 2. The molecule has 8 heteroatoms. The summed E-state index contributed by atoms with van der Waals surface area (Å²) in [6.07, 6.45) is 3.41. The molecule has 2 aliphatic carbocycles. The van der Waals surface area contributed by atoms with Crippen LogP contribution in [-0.4, -0.2) is 18.6 Å². The Morgan fingerprint density at radius 1 is 1.26 bits per heavy atom. The SMILES string of the molecule is O=S(=O)(Cc1noc(C2CC2)n1)NC1(c2ccc(F)cc2)CC1. The maximum Gasteiger partial charge on any atom is 0.229 e. The Morgan fingerprint density at radius 2 is 1.96 bits per heavy atom. The van der Waals surface area contributed by atoms with Crippen molar-refractivity contribution in [3.63, 3.8) is 0 Å². The lowest BCUT2D eigenvalue weighted by Crippen LogP contribution is -2.35. The number of benzene rings is 1. The largest absolute Gasteiger partial charge is 0.339 e. The highest BCUT2D eigenvalue weighted by Gasteiger charge is 2.47. The normalized spacial score (nSPS) is 19.7. The molecule has 0 spiro atoms. The first-order valence-corrected chi connectivity index (χ1v) is 9.21. The van der Waals surface area contributed by atoms with E-state index in [1.54, 1.807) is 12.1 Å². The Morgan fingerprint density at radius 3 is 2.57 bits per heavy atom.